The van der Waals surface area contributed by atoms with Crippen LogP contribution in [-0.2, 0) is 6.54 Å². The maximum absolute atomic E-state index is 13.3. The third kappa shape index (κ3) is 4.43. The summed E-state index contributed by atoms with van der Waals surface area (Å²) in [5.41, 5.74) is 1.61. The molecule has 1 heterocycles. The van der Waals surface area contributed by atoms with Crippen molar-refractivity contribution in [1.82, 2.24) is 15.0 Å². The Morgan fingerprint density at radius 2 is 1.75 bits per heavy atom. The number of aromatic nitrogens is 2. The zero-order chi connectivity index (χ0) is 19.3. The SMILES string of the molecule is O=C(c1ccc(I)cc1)N(Cc1nc(-c2ccccc2)no1)C1CCCCC1. The van der Waals surface area contributed by atoms with Gasteiger partial charge in [0.2, 0.25) is 11.7 Å². The normalized spacial score (nSPS) is 14.8. The van der Waals surface area contributed by atoms with Crippen LogP contribution in [0.5, 0.6) is 0 Å². The minimum absolute atomic E-state index is 0.0303. The summed E-state index contributed by atoms with van der Waals surface area (Å²) in [6.07, 6.45) is 5.59. The molecule has 0 bridgehead atoms. The summed E-state index contributed by atoms with van der Waals surface area (Å²) in [6.45, 7) is 0.343. The quantitative estimate of drug-likeness (QED) is 0.458. The summed E-state index contributed by atoms with van der Waals surface area (Å²) in [5.74, 6) is 1.06. The van der Waals surface area contributed by atoms with Crippen molar-refractivity contribution in [3.8, 4) is 11.4 Å². The number of carbonyl (C=O) groups is 1. The molecule has 1 fully saturated rings. The molecule has 0 aliphatic heterocycles. The van der Waals surface area contributed by atoms with Crippen LogP contribution in [0.3, 0.4) is 0 Å². The van der Waals surface area contributed by atoms with Gasteiger partial charge in [-0.1, -0.05) is 54.8 Å². The number of halogens is 1. The molecule has 0 N–H and O–H groups in total. The van der Waals surface area contributed by atoms with E-state index in [2.05, 4.69) is 32.7 Å². The molecule has 6 heteroatoms. The molecule has 1 amide bonds. The fourth-order valence-corrected chi connectivity index (χ4v) is 4.05. The fraction of sp³-hybridized carbons (Fsp3) is 0.318. The summed E-state index contributed by atoms with van der Waals surface area (Å²) in [5, 5.41) is 4.10. The van der Waals surface area contributed by atoms with E-state index in [1.165, 1.54) is 6.42 Å². The van der Waals surface area contributed by atoms with E-state index in [1.54, 1.807) is 0 Å². The Morgan fingerprint density at radius 1 is 1.04 bits per heavy atom. The number of rotatable bonds is 5. The monoisotopic (exact) mass is 487 g/mol. The summed E-state index contributed by atoms with van der Waals surface area (Å²) < 4.78 is 6.60. The first-order valence-corrected chi connectivity index (χ1v) is 10.7. The van der Waals surface area contributed by atoms with Crippen LogP contribution in [0.2, 0.25) is 0 Å². The maximum Gasteiger partial charge on any atom is 0.254 e. The van der Waals surface area contributed by atoms with E-state index in [4.69, 9.17) is 4.52 Å². The Kier molecular flexibility index (Phi) is 6.04. The van der Waals surface area contributed by atoms with Crippen molar-refractivity contribution in [2.45, 2.75) is 44.7 Å². The zero-order valence-corrected chi connectivity index (χ0v) is 17.7. The number of amides is 1. The average Bonchev–Trinajstić information content (AvgIpc) is 3.22. The highest BCUT2D eigenvalue weighted by molar-refractivity contribution is 14.1. The van der Waals surface area contributed by atoms with Crippen LogP contribution in [0.1, 0.15) is 48.4 Å². The second-order valence-corrected chi connectivity index (χ2v) is 8.36. The Bertz CT molecular complexity index is 918. The molecular weight excluding hydrogens is 465 g/mol. The van der Waals surface area contributed by atoms with Crippen LogP contribution in [0.25, 0.3) is 11.4 Å². The largest absolute Gasteiger partial charge is 0.337 e. The molecule has 2 aromatic carbocycles. The first kappa shape index (κ1) is 19.1. The molecule has 0 spiro atoms. The lowest BCUT2D eigenvalue weighted by molar-refractivity contribution is 0.0586. The van der Waals surface area contributed by atoms with Gasteiger partial charge in [0.15, 0.2) is 0 Å². The molecule has 3 aromatic rings. The van der Waals surface area contributed by atoms with E-state index in [9.17, 15) is 4.79 Å². The molecule has 0 saturated heterocycles. The van der Waals surface area contributed by atoms with Gasteiger partial charge in [-0.25, -0.2) is 0 Å². The van der Waals surface area contributed by atoms with Gasteiger partial charge >= 0.3 is 0 Å². The third-order valence-corrected chi connectivity index (χ3v) is 5.89. The molecule has 1 aliphatic carbocycles. The van der Waals surface area contributed by atoms with Crippen molar-refractivity contribution in [3.63, 3.8) is 0 Å². The highest BCUT2D eigenvalue weighted by atomic mass is 127. The summed E-state index contributed by atoms with van der Waals surface area (Å²) in [7, 11) is 0. The average molecular weight is 487 g/mol. The second kappa shape index (κ2) is 8.86. The van der Waals surface area contributed by atoms with Gasteiger partial charge in [0.25, 0.3) is 5.91 Å². The van der Waals surface area contributed by atoms with Crippen LogP contribution in [-0.4, -0.2) is 27.0 Å². The van der Waals surface area contributed by atoms with Crippen LogP contribution < -0.4 is 0 Å². The van der Waals surface area contributed by atoms with Gasteiger partial charge in [0.05, 0.1) is 0 Å². The number of nitrogens with zero attached hydrogens (tertiary/aromatic N) is 3. The highest BCUT2D eigenvalue weighted by Crippen LogP contribution is 2.26. The summed E-state index contributed by atoms with van der Waals surface area (Å²) >= 11 is 2.25. The molecule has 0 unspecified atom stereocenters. The topological polar surface area (TPSA) is 59.2 Å². The van der Waals surface area contributed by atoms with Gasteiger partial charge < -0.3 is 9.42 Å². The van der Waals surface area contributed by atoms with Gasteiger partial charge in [-0.3, -0.25) is 4.79 Å². The van der Waals surface area contributed by atoms with Gasteiger partial charge in [0, 0.05) is 20.7 Å². The minimum Gasteiger partial charge on any atom is -0.337 e. The van der Waals surface area contributed by atoms with E-state index >= 15 is 0 Å². The lowest BCUT2D eigenvalue weighted by Gasteiger charge is -2.33. The lowest BCUT2D eigenvalue weighted by Crippen LogP contribution is -2.41. The first-order chi connectivity index (χ1) is 13.7. The second-order valence-electron chi connectivity index (χ2n) is 7.11. The molecule has 28 heavy (non-hydrogen) atoms. The van der Waals surface area contributed by atoms with Crippen molar-refractivity contribution in [2.75, 3.05) is 0 Å². The molecule has 1 aromatic heterocycles. The van der Waals surface area contributed by atoms with Gasteiger partial charge in [-0.2, -0.15) is 4.98 Å². The lowest BCUT2D eigenvalue weighted by atomic mass is 9.93. The maximum atomic E-state index is 13.3. The third-order valence-electron chi connectivity index (χ3n) is 5.17. The van der Waals surface area contributed by atoms with Crippen molar-refractivity contribution in [3.05, 3.63) is 69.6 Å². The summed E-state index contributed by atoms with van der Waals surface area (Å²) in [6, 6.07) is 17.7. The van der Waals surface area contributed by atoms with Crippen molar-refractivity contribution in [1.29, 1.82) is 0 Å². The van der Waals surface area contributed by atoms with E-state index < -0.39 is 0 Å². The Balaban J connectivity index is 1.58. The predicted octanol–water partition coefficient (Wildman–Crippen LogP) is 5.32. The predicted molar refractivity (Wildman–Crippen MR) is 116 cm³/mol. The summed E-state index contributed by atoms with van der Waals surface area (Å²) in [4.78, 5) is 19.7. The van der Waals surface area contributed by atoms with Crippen LogP contribution in [0, 0.1) is 3.57 Å². The number of hydrogen-bond donors (Lipinski definition) is 0. The molecule has 0 radical (unpaired) electrons. The molecule has 5 nitrogen and oxygen atoms in total. The fourth-order valence-electron chi connectivity index (χ4n) is 3.69. The Morgan fingerprint density at radius 3 is 2.46 bits per heavy atom. The number of benzene rings is 2. The van der Waals surface area contributed by atoms with Gasteiger partial charge in [-0.15, -0.1) is 0 Å². The molecule has 4 rings (SSSR count). The Labute approximate surface area is 178 Å². The molecule has 1 aliphatic rings. The van der Waals surface area contributed by atoms with E-state index in [-0.39, 0.29) is 11.9 Å². The standard InChI is InChI=1S/C22H22IN3O2/c23-18-13-11-17(12-14-18)22(27)26(19-9-5-2-6-10-19)15-20-24-21(25-28-20)16-7-3-1-4-8-16/h1,3-4,7-8,11-14,19H,2,5-6,9-10,15H2. The zero-order valence-electron chi connectivity index (χ0n) is 15.6. The van der Waals surface area contributed by atoms with Crippen molar-refractivity contribution < 1.29 is 9.32 Å². The highest BCUT2D eigenvalue weighted by Gasteiger charge is 2.28. The van der Waals surface area contributed by atoms with Gasteiger partial charge in [0.1, 0.15) is 6.54 Å². The molecule has 1 saturated carbocycles. The van der Waals surface area contributed by atoms with Crippen LogP contribution in [0.15, 0.2) is 59.1 Å². The van der Waals surface area contributed by atoms with E-state index in [0.29, 0.717) is 23.8 Å². The number of carbonyl (C=O) groups excluding carboxylic acids is 1. The molecule has 0 atom stereocenters. The van der Waals surface area contributed by atoms with Crippen LogP contribution >= 0.6 is 22.6 Å². The van der Waals surface area contributed by atoms with Crippen molar-refractivity contribution >= 4 is 28.5 Å². The van der Waals surface area contributed by atoms with Crippen LogP contribution in [0.4, 0.5) is 0 Å². The van der Waals surface area contributed by atoms with Crippen molar-refractivity contribution in [2.24, 2.45) is 0 Å². The minimum atomic E-state index is 0.0303. The van der Waals surface area contributed by atoms with E-state index in [0.717, 1.165) is 34.8 Å². The smallest absolute Gasteiger partial charge is 0.254 e. The first-order valence-electron chi connectivity index (χ1n) is 9.65. The van der Waals surface area contributed by atoms with Gasteiger partial charge in [-0.05, 0) is 59.7 Å². The molecule has 144 valence electrons. The molecular formula is C22H22IN3O2. The Hall–Kier alpha value is -2.22. The van der Waals surface area contributed by atoms with E-state index in [1.807, 2.05) is 59.5 Å². The number of hydrogen-bond acceptors (Lipinski definition) is 4.